The molecule has 0 N–H and O–H groups in total. The van der Waals surface area contributed by atoms with Crippen LogP contribution in [0.25, 0.3) is 11.1 Å². The molecule has 3 aromatic carbocycles. The number of benzene rings is 3. The first-order valence-corrected chi connectivity index (χ1v) is 12.5. The van der Waals surface area contributed by atoms with Gasteiger partial charge in [0.1, 0.15) is 18.2 Å². The van der Waals surface area contributed by atoms with Gasteiger partial charge in [-0.15, -0.1) is 0 Å². The molecule has 0 saturated carbocycles. The third-order valence-electron chi connectivity index (χ3n) is 8.00. The number of nitrogens with zero attached hydrogens (tertiary/aromatic N) is 1. The molecule has 2 atom stereocenters. The molecule has 2 heterocycles. The van der Waals surface area contributed by atoms with E-state index in [0.29, 0.717) is 25.0 Å². The molecule has 4 nitrogen and oxygen atoms in total. The number of amides is 1. The maximum atomic E-state index is 13.5. The van der Waals surface area contributed by atoms with Crippen LogP contribution in [0.2, 0.25) is 0 Å². The number of rotatable bonds is 5. The maximum Gasteiger partial charge on any atom is 0.410 e. The predicted octanol–water partition coefficient (Wildman–Crippen LogP) is 6.13. The lowest BCUT2D eigenvalue weighted by atomic mass is 9.85. The molecule has 2 aliphatic heterocycles. The van der Waals surface area contributed by atoms with Crippen molar-refractivity contribution >= 4 is 11.9 Å². The molecule has 2 saturated heterocycles. The highest BCUT2D eigenvalue weighted by Crippen LogP contribution is 2.45. The fraction of sp³-hybridized carbons (Fsp3) is 0.333. The third-order valence-corrected chi connectivity index (χ3v) is 8.00. The Morgan fingerprint density at radius 3 is 2.11 bits per heavy atom. The van der Waals surface area contributed by atoms with Gasteiger partial charge in [0.05, 0.1) is 0 Å². The number of carbonyl (C=O) groups is 2. The average molecular weight is 470 g/mol. The molecule has 0 aromatic heterocycles. The number of ketones is 1. The van der Waals surface area contributed by atoms with Gasteiger partial charge in [-0.3, -0.25) is 4.79 Å². The summed E-state index contributed by atoms with van der Waals surface area (Å²) in [5.41, 5.74) is 5.53. The number of Topliss-reactive ketones (excluding diaryl/α,β-unsaturated/α-hetero) is 1. The van der Waals surface area contributed by atoms with Crippen LogP contribution in [0, 0.1) is 11.7 Å². The van der Waals surface area contributed by atoms with Crippen molar-refractivity contribution in [2.75, 3.05) is 6.61 Å². The van der Waals surface area contributed by atoms with Crippen molar-refractivity contribution in [2.24, 2.45) is 5.92 Å². The van der Waals surface area contributed by atoms with Crippen molar-refractivity contribution in [1.82, 2.24) is 4.90 Å². The number of carbonyl (C=O) groups excluding carboxylic acids is 2. The Bertz CT molecular complexity index is 1230. The molecular weight excluding hydrogens is 441 g/mol. The summed E-state index contributed by atoms with van der Waals surface area (Å²) in [6.45, 7) is 0.310. The molecule has 1 amide bonds. The number of ether oxygens (including phenoxy) is 1. The van der Waals surface area contributed by atoms with Crippen LogP contribution >= 0.6 is 0 Å². The minimum atomic E-state index is -0.319. The van der Waals surface area contributed by atoms with Gasteiger partial charge in [-0.25, -0.2) is 9.18 Å². The van der Waals surface area contributed by atoms with E-state index in [0.717, 1.165) is 12.8 Å². The summed E-state index contributed by atoms with van der Waals surface area (Å²) in [6, 6.07) is 23.0. The molecule has 3 aromatic rings. The molecule has 6 rings (SSSR count). The SMILES string of the molecule is O=C(Cc1cccc(F)c1)C1CC2CCC(C1)N2C(=O)OCC1c2ccccc2-c2ccccc21. The first-order chi connectivity index (χ1) is 17.1. The molecule has 2 fully saturated rings. The lowest BCUT2D eigenvalue weighted by Crippen LogP contribution is -2.48. The van der Waals surface area contributed by atoms with Gasteiger partial charge in [0.2, 0.25) is 0 Å². The summed E-state index contributed by atoms with van der Waals surface area (Å²) in [7, 11) is 0. The predicted molar refractivity (Wildman–Crippen MR) is 132 cm³/mol. The summed E-state index contributed by atoms with van der Waals surface area (Å²) < 4.78 is 19.4. The molecule has 2 bridgehead atoms. The Balaban J connectivity index is 1.11. The van der Waals surface area contributed by atoms with Crippen LogP contribution in [-0.2, 0) is 16.0 Å². The molecule has 0 radical (unpaired) electrons. The second-order valence-corrected chi connectivity index (χ2v) is 10.0. The minimum Gasteiger partial charge on any atom is -0.448 e. The summed E-state index contributed by atoms with van der Waals surface area (Å²) in [4.78, 5) is 28.1. The van der Waals surface area contributed by atoms with E-state index < -0.39 is 0 Å². The van der Waals surface area contributed by atoms with Gasteiger partial charge in [0.15, 0.2) is 0 Å². The monoisotopic (exact) mass is 469 g/mol. The van der Waals surface area contributed by atoms with Crippen molar-refractivity contribution in [2.45, 2.75) is 50.1 Å². The summed E-state index contributed by atoms with van der Waals surface area (Å²) >= 11 is 0. The molecular formula is C30H28FNO3. The van der Waals surface area contributed by atoms with Crippen LogP contribution in [0.5, 0.6) is 0 Å². The Kier molecular flexibility index (Phi) is 5.63. The van der Waals surface area contributed by atoms with Gasteiger partial charge >= 0.3 is 6.09 Å². The van der Waals surface area contributed by atoms with Crippen molar-refractivity contribution in [1.29, 1.82) is 0 Å². The van der Waals surface area contributed by atoms with Gasteiger partial charge in [-0.05, 0) is 65.6 Å². The Morgan fingerprint density at radius 1 is 0.857 bits per heavy atom. The molecule has 0 spiro atoms. The number of fused-ring (bicyclic) bond motifs is 5. The quantitative estimate of drug-likeness (QED) is 0.452. The highest BCUT2D eigenvalue weighted by atomic mass is 19.1. The van der Waals surface area contributed by atoms with E-state index >= 15 is 0 Å². The maximum absolute atomic E-state index is 13.5. The minimum absolute atomic E-state index is 0.0332. The molecule has 3 aliphatic rings. The smallest absolute Gasteiger partial charge is 0.410 e. The van der Waals surface area contributed by atoms with Crippen molar-refractivity contribution in [3.8, 4) is 11.1 Å². The van der Waals surface area contributed by atoms with E-state index in [9.17, 15) is 14.0 Å². The second kappa shape index (κ2) is 8.95. The zero-order valence-corrected chi connectivity index (χ0v) is 19.5. The second-order valence-electron chi connectivity index (χ2n) is 10.0. The summed E-state index contributed by atoms with van der Waals surface area (Å²) in [5.74, 6) is -0.233. The van der Waals surface area contributed by atoms with E-state index in [1.807, 2.05) is 29.2 Å². The topological polar surface area (TPSA) is 46.6 Å². The molecule has 2 unspecified atom stereocenters. The normalized spacial score (nSPS) is 22.5. The van der Waals surface area contributed by atoms with Crippen LogP contribution < -0.4 is 0 Å². The van der Waals surface area contributed by atoms with Gasteiger partial charge in [-0.1, -0.05) is 60.7 Å². The standard InChI is InChI=1S/C30H28FNO3/c31-21-7-5-6-19(14-21)15-29(33)20-16-22-12-13-23(17-20)32(22)30(34)35-18-28-26-10-3-1-8-24(26)25-9-2-4-11-27(25)28/h1-11,14,20,22-23,28H,12-13,15-18H2. The largest absolute Gasteiger partial charge is 0.448 e. The molecule has 5 heteroatoms. The van der Waals surface area contributed by atoms with E-state index in [-0.39, 0.29) is 48.0 Å². The fourth-order valence-corrected chi connectivity index (χ4v) is 6.40. The summed E-state index contributed by atoms with van der Waals surface area (Å²) in [6.07, 6.45) is 3.10. The number of hydrogen-bond donors (Lipinski definition) is 0. The first kappa shape index (κ1) is 22.0. The third kappa shape index (κ3) is 4.03. The fourth-order valence-electron chi connectivity index (χ4n) is 6.40. The van der Waals surface area contributed by atoms with E-state index in [1.54, 1.807) is 12.1 Å². The Morgan fingerprint density at radius 2 is 1.49 bits per heavy atom. The zero-order valence-electron chi connectivity index (χ0n) is 19.5. The number of hydrogen-bond acceptors (Lipinski definition) is 3. The van der Waals surface area contributed by atoms with E-state index in [2.05, 4.69) is 24.3 Å². The van der Waals surface area contributed by atoms with E-state index in [1.165, 1.54) is 34.4 Å². The molecule has 1 aliphatic carbocycles. The van der Waals surface area contributed by atoms with Gasteiger partial charge in [0, 0.05) is 30.3 Å². The number of halogens is 1. The van der Waals surface area contributed by atoms with Gasteiger partial charge < -0.3 is 9.64 Å². The highest BCUT2D eigenvalue weighted by molar-refractivity contribution is 5.84. The Hall–Kier alpha value is -3.47. The Labute approximate surface area is 204 Å². The highest BCUT2D eigenvalue weighted by Gasteiger charge is 2.46. The zero-order chi connectivity index (χ0) is 23.9. The van der Waals surface area contributed by atoms with Crippen molar-refractivity contribution in [3.05, 3.63) is 95.3 Å². The van der Waals surface area contributed by atoms with E-state index in [4.69, 9.17) is 4.74 Å². The van der Waals surface area contributed by atoms with Gasteiger partial charge in [0.25, 0.3) is 0 Å². The van der Waals surface area contributed by atoms with Crippen molar-refractivity contribution < 1.29 is 18.7 Å². The van der Waals surface area contributed by atoms with Crippen LogP contribution in [-0.4, -0.2) is 35.5 Å². The van der Waals surface area contributed by atoms with Gasteiger partial charge in [-0.2, -0.15) is 0 Å². The van der Waals surface area contributed by atoms with Crippen LogP contribution in [0.15, 0.2) is 72.8 Å². The van der Waals surface area contributed by atoms with Crippen LogP contribution in [0.4, 0.5) is 9.18 Å². The lowest BCUT2D eigenvalue weighted by Gasteiger charge is -2.37. The summed E-state index contributed by atoms with van der Waals surface area (Å²) in [5, 5.41) is 0. The lowest BCUT2D eigenvalue weighted by molar-refractivity contribution is -0.124. The van der Waals surface area contributed by atoms with Crippen LogP contribution in [0.3, 0.4) is 0 Å². The number of piperidine rings is 1. The van der Waals surface area contributed by atoms with Crippen LogP contribution in [0.1, 0.15) is 48.3 Å². The first-order valence-electron chi connectivity index (χ1n) is 12.5. The molecule has 178 valence electrons. The molecule has 35 heavy (non-hydrogen) atoms. The van der Waals surface area contributed by atoms with Crippen molar-refractivity contribution in [3.63, 3.8) is 0 Å². The average Bonchev–Trinajstić information content (AvgIpc) is 3.33.